The third kappa shape index (κ3) is 6.61. The van der Waals surface area contributed by atoms with Crippen LogP contribution in [0.25, 0.3) is 0 Å². The first-order chi connectivity index (χ1) is 20.5. The minimum Gasteiger partial charge on any atom is -0.497 e. The number of carbonyl (C=O) groups excluding carboxylic acids is 1. The molecule has 1 aliphatic heterocycles. The number of methoxy groups -OCH3 is 2. The molecular weight excluding hydrogens is 589 g/mol. The van der Waals surface area contributed by atoms with E-state index in [0.717, 1.165) is 6.07 Å². The molecule has 1 amide bonds. The average molecular weight is 619 g/mol. The summed E-state index contributed by atoms with van der Waals surface area (Å²) in [6, 6.07) is 13.0. The maximum Gasteiger partial charge on any atom is 0.420 e. The number of carbonyl (C=O) groups is 2. The predicted molar refractivity (Wildman–Crippen MR) is 154 cm³/mol. The standard InChI is InChI=1S/C31H30ClF3N2O6/c1-41-23-12-22(13-24(14-23)43-16-17-9-20(10-17)30(39)40)36-28(18-3-5-21(32)6-4-18)29(38)37-8-7-19-11-27(42-2)25(15-26(19)37)31(33,34)35/h3-6,11-15,17,20,28,36H,7-10,16H2,1-2H3,(H,39,40)/t17-,20+,28?. The van der Waals surface area contributed by atoms with Crippen molar-refractivity contribution in [3.05, 3.63) is 76.3 Å². The lowest BCUT2D eigenvalue weighted by Gasteiger charge is -2.32. The molecule has 3 aromatic rings. The van der Waals surface area contributed by atoms with E-state index >= 15 is 0 Å². The number of ether oxygens (including phenoxy) is 3. The molecule has 0 radical (unpaired) electrons. The van der Waals surface area contributed by atoms with Crippen molar-refractivity contribution in [2.75, 3.05) is 37.6 Å². The first-order valence-electron chi connectivity index (χ1n) is 13.6. The number of amides is 1. The highest BCUT2D eigenvalue weighted by molar-refractivity contribution is 6.30. The van der Waals surface area contributed by atoms with Crippen LogP contribution in [0.5, 0.6) is 17.2 Å². The SMILES string of the molecule is COc1cc(NC(C(=O)N2CCc3cc(OC)c(C(F)(F)F)cc32)c2ccc(Cl)cc2)cc(OC[C@H]2C[C@@H](C(=O)O)C2)c1. The van der Waals surface area contributed by atoms with Gasteiger partial charge in [-0.3, -0.25) is 9.59 Å². The Labute approximate surface area is 251 Å². The van der Waals surface area contributed by atoms with Gasteiger partial charge in [0.15, 0.2) is 0 Å². The van der Waals surface area contributed by atoms with E-state index in [9.17, 15) is 22.8 Å². The molecule has 0 spiro atoms. The summed E-state index contributed by atoms with van der Waals surface area (Å²) in [6.45, 7) is 0.515. The van der Waals surface area contributed by atoms with Gasteiger partial charge >= 0.3 is 12.1 Å². The van der Waals surface area contributed by atoms with Crippen LogP contribution in [0.4, 0.5) is 24.5 Å². The number of anilines is 2. The van der Waals surface area contributed by atoms with Crippen molar-refractivity contribution >= 4 is 34.9 Å². The lowest BCUT2D eigenvalue weighted by molar-refractivity contribution is -0.146. The zero-order valence-corrected chi connectivity index (χ0v) is 24.2. The van der Waals surface area contributed by atoms with Crippen molar-refractivity contribution in [3.8, 4) is 17.2 Å². The number of nitrogens with zero attached hydrogens (tertiary/aromatic N) is 1. The minimum absolute atomic E-state index is 0.113. The van der Waals surface area contributed by atoms with Gasteiger partial charge in [-0.1, -0.05) is 23.7 Å². The van der Waals surface area contributed by atoms with Gasteiger partial charge in [-0.2, -0.15) is 13.2 Å². The molecule has 0 bridgehead atoms. The molecule has 0 aromatic heterocycles. The molecule has 1 aliphatic carbocycles. The van der Waals surface area contributed by atoms with Gasteiger partial charge in [-0.25, -0.2) is 0 Å². The third-order valence-corrected chi connectivity index (χ3v) is 8.07. The number of carboxylic acid groups (broad SMARTS) is 1. The van der Waals surface area contributed by atoms with Crippen molar-refractivity contribution in [2.45, 2.75) is 31.5 Å². The number of nitrogens with one attached hydrogen (secondary N) is 1. The summed E-state index contributed by atoms with van der Waals surface area (Å²) in [5.74, 6) is -0.898. The van der Waals surface area contributed by atoms with Gasteiger partial charge in [0.05, 0.1) is 32.3 Å². The summed E-state index contributed by atoms with van der Waals surface area (Å²) in [6.07, 6.45) is -3.23. The Hall–Kier alpha value is -4.12. The molecule has 8 nitrogen and oxygen atoms in total. The van der Waals surface area contributed by atoms with Crippen LogP contribution >= 0.6 is 11.6 Å². The first kappa shape index (κ1) is 30.3. The van der Waals surface area contributed by atoms with E-state index in [1.54, 1.807) is 42.5 Å². The number of hydrogen-bond acceptors (Lipinski definition) is 6. The number of aliphatic carboxylic acids is 1. The molecule has 12 heteroatoms. The van der Waals surface area contributed by atoms with Gasteiger partial charge in [-0.05, 0) is 60.6 Å². The number of hydrogen-bond donors (Lipinski definition) is 2. The topological polar surface area (TPSA) is 97.3 Å². The van der Waals surface area contributed by atoms with E-state index in [1.165, 1.54) is 25.2 Å². The van der Waals surface area contributed by atoms with Gasteiger partial charge in [0.25, 0.3) is 5.91 Å². The Bertz CT molecular complexity index is 1510. The number of carboxylic acids is 1. The summed E-state index contributed by atoms with van der Waals surface area (Å²) in [5, 5.41) is 12.8. The van der Waals surface area contributed by atoms with Crippen LogP contribution in [-0.2, 0) is 22.2 Å². The lowest BCUT2D eigenvalue weighted by Crippen LogP contribution is -2.37. The molecule has 1 heterocycles. The second-order valence-corrected chi connectivity index (χ2v) is 11.1. The zero-order chi connectivity index (χ0) is 30.9. The molecule has 2 aliphatic rings. The second-order valence-electron chi connectivity index (χ2n) is 10.6. The second kappa shape index (κ2) is 12.2. The van der Waals surface area contributed by atoms with Gasteiger partial charge in [0.2, 0.25) is 0 Å². The molecule has 228 valence electrons. The Balaban J connectivity index is 1.43. The molecule has 2 N–H and O–H groups in total. The molecule has 3 aromatic carbocycles. The highest BCUT2D eigenvalue weighted by Crippen LogP contribution is 2.43. The van der Waals surface area contributed by atoms with E-state index in [1.807, 2.05) is 0 Å². The fourth-order valence-electron chi connectivity index (χ4n) is 5.44. The summed E-state index contributed by atoms with van der Waals surface area (Å²) < 4.78 is 57.9. The van der Waals surface area contributed by atoms with Crippen LogP contribution in [0, 0.1) is 11.8 Å². The van der Waals surface area contributed by atoms with E-state index in [4.69, 9.17) is 30.9 Å². The van der Waals surface area contributed by atoms with Crippen molar-refractivity contribution < 1.29 is 42.1 Å². The highest BCUT2D eigenvalue weighted by atomic mass is 35.5. The molecule has 1 unspecified atom stereocenters. The Morgan fingerprint density at radius 3 is 2.37 bits per heavy atom. The molecule has 5 rings (SSSR count). The summed E-state index contributed by atoms with van der Waals surface area (Å²) in [5.41, 5.74) is 0.817. The number of fused-ring (bicyclic) bond motifs is 1. The van der Waals surface area contributed by atoms with Crippen LogP contribution in [0.15, 0.2) is 54.6 Å². The van der Waals surface area contributed by atoms with E-state index < -0.39 is 29.7 Å². The van der Waals surface area contributed by atoms with Gasteiger partial charge in [0.1, 0.15) is 23.3 Å². The average Bonchev–Trinajstić information content (AvgIpc) is 3.37. The quantitative estimate of drug-likeness (QED) is 0.264. The van der Waals surface area contributed by atoms with Crippen molar-refractivity contribution in [2.24, 2.45) is 11.8 Å². The number of alkyl halides is 3. The number of rotatable bonds is 10. The minimum atomic E-state index is -4.67. The highest BCUT2D eigenvalue weighted by Gasteiger charge is 2.39. The Morgan fingerprint density at radius 2 is 1.74 bits per heavy atom. The van der Waals surface area contributed by atoms with Crippen LogP contribution in [0.2, 0.25) is 5.02 Å². The summed E-state index contributed by atoms with van der Waals surface area (Å²) in [7, 11) is 2.67. The van der Waals surface area contributed by atoms with Crippen LogP contribution in [-0.4, -0.2) is 44.4 Å². The van der Waals surface area contributed by atoms with Crippen molar-refractivity contribution in [1.29, 1.82) is 0 Å². The summed E-state index contributed by atoms with van der Waals surface area (Å²) >= 11 is 6.10. The van der Waals surface area contributed by atoms with Gasteiger partial charge in [0, 0.05) is 41.1 Å². The first-order valence-corrected chi connectivity index (χ1v) is 14.0. The fraction of sp³-hybridized carbons (Fsp3) is 0.355. The Morgan fingerprint density at radius 1 is 1.05 bits per heavy atom. The van der Waals surface area contributed by atoms with Crippen molar-refractivity contribution in [3.63, 3.8) is 0 Å². The molecule has 1 saturated carbocycles. The maximum atomic E-state index is 14.1. The monoisotopic (exact) mass is 618 g/mol. The van der Waals surface area contributed by atoms with Crippen LogP contribution < -0.4 is 24.4 Å². The van der Waals surface area contributed by atoms with E-state index in [-0.39, 0.29) is 29.8 Å². The maximum absolute atomic E-state index is 14.1. The lowest BCUT2D eigenvalue weighted by atomic mass is 9.75. The largest absolute Gasteiger partial charge is 0.497 e. The van der Waals surface area contributed by atoms with Crippen molar-refractivity contribution in [1.82, 2.24) is 0 Å². The summed E-state index contributed by atoms with van der Waals surface area (Å²) in [4.78, 5) is 26.6. The van der Waals surface area contributed by atoms with Gasteiger partial charge < -0.3 is 29.5 Å². The fourth-order valence-corrected chi connectivity index (χ4v) is 5.57. The van der Waals surface area contributed by atoms with Crippen LogP contribution in [0.1, 0.15) is 35.6 Å². The van der Waals surface area contributed by atoms with E-state index in [2.05, 4.69) is 5.32 Å². The van der Waals surface area contributed by atoms with E-state index in [0.29, 0.717) is 59.2 Å². The van der Waals surface area contributed by atoms with Gasteiger partial charge in [-0.15, -0.1) is 0 Å². The number of halogens is 4. The smallest absolute Gasteiger partial charge is 0.420 e. The van der Waals surface area contributed by atoms with Crippen LogP contribution in [0.3, 0.4) is 0 Å². The third-order valence-electron chi connectivity index (χ3n) is 7.82. The Kier molecular flexibility index (Phi) is 8.64. The zero-order valence-electron chi connectivity index (χ0n) is 23.4. The molecule has 1 fully saturated rings. The number of benzene rings is 3. The molecule has 0 saturated heterocycles. The predicted octanol–water partition coefficient (Wildman–Crippen LogP) is 6.61. The molecule has 43 heavy (non-hydrogen) atoms. The molecular formula is C31H30ClF3N2O6. The normalized spacial score (nSPS) is 18.3. The molecule has 1 atom stereocenters.